The first-order chi connectivity index (χ1) is 5.31. The van der Waals surface area contributed by atoms with Crippen molar-refractivity contribution in [2.75, 3.05) is 33.0 Å². The first kappa shape index (κ1) is 10.8. The van der Waals surface area contributed by atoms with Crippen molar-refractivity contribution in [2.45, 2.75) is 13.0 Å². The Kier molecular flexibility index (Phi) is 7.83. The molecule has 68 valence electrons. The molecule has 0 rings (SSSR count). The standard InChI is InChI=1S/C7H17NO3/c1-7(6-10)8-2-4-11-5-3-9/h7-10H,2-6H2,1H3. The van der Waals surface area contributed by atoms with E-state index in [1.165, 1.54) is 0 Å². The van der Waals surface area contributed by atoms with E-state index in [9.17, 15) is 0 Å². The molecule has 1 unspecified atom stereocenters. The minimum Gasteiger partial charge on any atom is -0.395 e. The lowest BCUT2D eigenvalue weighted by atomic mass is 10.4. The van der Waals surface area contributed by atoms with Crippen molar-refractivity contribution >= 4 is 0 Å². The van der Waals surface area contributed by atoms with Crippen LogP contribution >= 0.6 is 0 Å². The molecule has 0 saturated heterocycles. The quantitative estimate of drug-likeness (QED) is 0.420. The first-order valence-electron chi connectivity index (χ1n) is 3.84. The van der Waals surface area contributed by atoms with Gasteiger partial charge >= 0.3 is 0 Å². The van der Waals surface area contributed by atoms with Crippen LogP contribution in [0.3, 0.4) is 0 Å². The zero-order valence-electron chi connectivity index (χ0n) is 6.92. The van der Waals surface area contributed by atoms with Gasteiger partial charge < -0.3 is 20.3 Å². The lowest BCUT2D eigenvalue weighted by Crippen LogP contribution is -2.32. The summed E-state index contributed by atoms with van der Waals surface area (Å²) in [5, 5.41) is 20.0. The van der Waals surface area contributed by atoms with E-state index < -0.39 is 0 Å². The molecule has 0 bridgehead atoms. The summed E-state index contributed by atoms with van der Waals surface area (Å²) in [7, 11) is 0. The highest BCUT2D eigenvalue weighted by Gasteiger charge is 1.95. The Morgan fingerprint density at radius 3 is 2.64 bits per heavy atom. The summed E-state index contributed by atoms with van der Waals surface area (Å²) in [6, 6.07) is 0.118. The minimum atomic E-state index is 0.0650. The number of hydrogen-bond acceptors (Lipinski definition) is 4. The number of ether oxygens (including phenoxy) is 1. The van der Waals surface area contributed by atoms with Crippen LogP contribution in [0.15, 0.2) is 0 Å². The molecular formula is C7H17NO3. The van der Waals surface area contributed by atoms with Crippen molar-refractivity contribution in [1.82, 2.24) is 5.32 Å². The van der Waals surface area contributed by atoms with Crippen LogP contribution in [0.1, 0.15) is 6.92 Å². The molecule has 0 aromatic carbocycles. The molecule has 0 saturated carbocycles. The van der Waals surface area contributed by atoms with Gasteiger partial charge in [-0.2, -0.15) is 0 Å². The van der Waals surface area contributed by atoms with Crippen LogP contribution < -0.4 is 5.32 Å². The third-order valence-electron chi connectivity index (χ3n) is 1.25. The molecule has 0 fully saturated rings. The van der Waals surface area contributed by atoms with Gasteiger partial charge in [0, 0.05) is 12.6 Å². The van der Waals surface area contributed by atoms with Gasteiger partial charge in [-0.1, -0.05) is 0 Å². The van der Waals surface area contributed by atoms with E-state index in [1.807, 2.05) is 6.92 Å². The summed E-state index contributed by atoms with van der Waals surface area (Å²) in [4.78, 5) is 0. The third kappa shape index (κ3) is 7.74. The Labute approximate surface area is 67.2 Å². The molecule has 0 heterocycles. The lowest BCUT2D eigenvalue weighted by molar-refractivity contribution is 0.0914. The molecule has 0 radical (unpaired) electrons. The second-order valence-corrected chi connectivity index (χ2v) is 2.37. The Balaban J connectivity index is 2.89. The normalized spacial score (nSPS) is 13.4. The van der Waals surface area contributed by atoms with Crippen LogP contribution in [0, 0.1) is 0 Å². The van der Waals surface area contributed by atoms with Crippen molar-refractivity contribution in [1.29, 1.82) is 0 Å². The fourth-order valence-corrected chi connectivity index (χ4v) is 0.609. The average Bonchev–Trinajstić information content (AvgIpc) is 2.04. The Bertz CT molecular complexity index is 80.1. The van der Waals surface area contributed by atoms with Gasteiger partial charge in [-0.25, -0.2) is 0 Å². The number of hydrogen-bond donors (Lipinski definition) is 3. The van der Waals surface area contributed by atoms with Gasteiger partial charge in [-0.05, 0) is 6.92 Å². The van der Waals surface area contributed by atoms with Crippen LogP contribution in [0.4, 0.5) is 0 Å². The van der Waals surface area contributed by atoms with Gasteiger partial charge in [0.1, 0.15) is 0 Å². The van der Waals surface area contributed by atoms with Gasteiger partial charge in [-0.3, -0.25) is 0 Å². The molecule has 0 amide bonds. The van der Waals surface area contributed by atoms with Crippen molar-refractivity contribution in [3.05, 3.63) is 0 Å². The summed E-state index contributed by atoms with van der Waals surface area (Å²) in [6.07, 6.45) is 0. The van der Waals surface area contributed by atoms with Crippen LogP contribution in [0.5, 0.6) is 0 Å². The summed E-state index contributed by atoms with van der Waals surface area (Å²) >= 11 is 0. The molecule has 0 aliphatic carbocycles. The SMILES string of the molecule is CC(CO)NCCOCCO. The van der Waals surface area contributed by atoms with Crippen molar-refractivity contribution < 1.29 is 14.9 Å². The summed E-state index contributed by atoms with van der Waals surface area (Å²) in [6.45, 7) is 3.77. The van der Waals surface area contributed by atoms with Gasteiger partial charge in [0.15, 0.2) is 0 Å². The summed E-state index contributed by atoms with van der Waals surface area (Å²) < 4.78 is 4.98. The zero-order valence-corrected chi connectivity index (χ0v) is 6.92. The van der Waals surface area contributed by atoms with Gasteiger partial charge in [0.25, 0.3) is 0 Å². The van der Waals surface area contributed by atoms with Gasteiger partial charge in [0.2, 0.25) is 0 Å². The molecule has 1 atom stereocenters. The Morgan fingerprint density at radius 2 is 2.09 bits per heavy atom. The van der Waals surface area contributed by atoms with Crippen molar-refractivity contribution in [3.63, 3.8) is 0 Å². The zero-order chi connectivity index (χ0) is 8.53. The van der Waals surface area contributed by atoms with Gasteiger partial charge in [0.05, 0.1) is 26.4 Å². The number of nitrogens with one attached hydrogen (secondary N) is 1. The van der Waals surface area contributed by atoms with Crippen molar-refractivity contribution in [3.8, 4) is 0 Å². The van der Waals surface area contributed by atoms with Gasteiger partial charge in [-0.15, -0.1) is 0 Å². The largest absolute Gasteiger partial charge is 0.395 e. The second kappa shape index (κ2) is 7.94. The minimum absolute atomic E-state index is 0.0650. The molecule has 0 aromatic heterocycles. The van der Waals surface area contributed by atoms with Crippen LogP contribution in [0.2, 0.25) is 0 Å². The van der Waals surface area contributed by atoms with E-state index in [-0.39, 0.29) is 19.3 Å². The van der Waals surface area contributed by atoms with E-state index in [0.717, 1.165) is 0 Å². The average molecular weight is 163 g/mol. The fraction of sp³-hybridized carbons (Fsp3) is 1.00. The monoisotopic (exact) mass is 163 g/mol. The molecule has 0 aliphatic heterocycles. The fourth-order valence-electron chi connectivity index (χ4n) is 0.609. The predicted molar refractivity (Wildman–Crippen MR) is 42.5 cm³/mol. The first-order valence-corrected chi connectivity index (χ1v) is 3.84. The molecule has 0 aromatic rings. The third-order valence-corrected chi connectivity index (χ3v) is 1.25. The van der Waals surface area contributed by atoms with Crippen molar-refractivity contribution in [2.24, 2.45) is 0 Å². The Hall–Kier alpha value is -0.160. The second-order valence-electron chi connectivity index (χ2n) is 2.37. The van der Waals surface area contributed by atoms with E-state index >= 15 is 0 Å². The Morgan fingerprint density at radius 1 is 1.36 bits per heavy atom. The summed E-state index contributed by atoms with van der Waals surface area (Å²) in [5.41, 5.74) is 0. The lowest BCUT2D eigenvalue weighted by Gasteiger charge is -2.09. The molecule has 0 aliphatic rings. The number of aliphatic hydroxyl groups excluding tert-OH is 2. The highest BCUT2D eigenvalue weighted by atomic mass is 16.5. The van der Waals surface area contributed by atoms with Crippen LogP contribution in [-0.2, 0) is 4.74 Å². The topological polar surface area (TPSA) is 61.7 Å². The molecule has 4 heteroatoms. The molecule has 11 heavy (non-hydrogen) atoms. The molecule has 4 nitrogen and oxygen atoms in total. The van der Waals surface area contributed by atoms with E-state index in [4.69, 9.17) is 14.9 Å². The van der Waals surface area contributed by atoms with E-state index in [2.05, 4.69) is 5.32 Å². The van der Waals surface area contributed by atoms with E-state index in [0.29, 0.717) is 19.8 Å². The highest BCUT2D eigenvalue weighted by molar-refractivity contribution is 4.56. The van der Waals surface area contributed by atoms with E-state index in [1.54, 1.807) is 0 Å². The highest BCUT2D eigenvalue weighted by Crippen LogP contribution is 1.77. The smallest absolute Gasteiger partial charge is 0.0698 e. The maximum Gasteiger partial charge on any atom is 0.0698 e. The maximum absolute atomic E-state index is 8.59. The predicted octanol–water partition coefficient (Wildman–Crippen LogP) is -1.03. The molecular weight excluding hydrogens is 146 g/mol. The molecule has 0 spiro atoms. The summed E-state index contributed by atoms with van der Waals surface area (Å²) in [5.74, 6) is 0. The molecule has 3 N–H and O–H groups in total. The van der Waals surface area contributed by atoms with Crippen LogP contribution in [-0.4, -0.2) is 49.2 Å². The van der Waals surface area contributed by atoms with Crippen LogP contribution in [0.25, 0.3) is 0 Å². The number of aliphatic hydroxyl groups is 2. The maximum atomic E-state index is 8.59. The number of rotatable bonds is 7.